The van der Waals surface area contributed by atoms with Crippen LogP contribution in [-0.2, 0) is 6.42 Å². The number of aromatic nitrogens is 1. The molecule has 1 unspecified atom stereocenters. The molecule has 1 N–H and O–H groups in total. The third kappa shape index (κ3) is 5.21. The van der Waals surface area contributed by atoms with E-state index >= 15 is 0 Å². The first-order valence-corrected chi connectivity index (χ1v) is 12.8. The zero-order chi connectivity index (χ0) is 26.0. The molecule has 0 aliphatic heterocycles. The van der Waals surface area contributed by atoms with Gasteiger partial charge in [-0.3, -0.25) is 0 Å². The number of hydrogen-bond donors (Lipinski definition) is 1. The summed E-state index contributed by atoms with van der Waals surface area (Å²) in [5.74, 6) is -0.00293. The van der Waals surface area contributed by atoms with Crippen molar-refractivity contribution in [1.82, 2.24) is 4.98 Å². The van der Waals surface area contributed by atoms with E-state index in [9.17, 15) is 14.3 Å². The number of aryl methyl sites for hydroxylation is 1. The maximum atomic E-state index is 14.5. The molecule has 0 amide bonds. The van der Waals surface area contributed by atoms with Gasteiger partial charge in [-0.1, -0.05) is 49.4 Å². The second kappa shape index (κ2) is 10.7. The zero-order valence-corrected chi connectivity index (χ0v) is 22.0. The number of methoxy groups -OCH3 is 1. The standard InChI is InChI=1S/C29H31FN2O3S/c1-17(2)23-16-22(18(3)15-26(23)35-5)13-14-32(19(4)20-9-11-21(12-10-20)28(33)34)29-31-25-8-6-7-24(30)27(25)36-29/h6-12,15-17,19H,13-14H2,1-5H3,(H,33,34). The number of nitrogens with zero attached hydrogens (tertiary/aromatic N) is 2. The molecular formula is C29H31FN2O3S. The number of fused-ring (bicyclic) bond motifs is 1. The Balaban J connectivity index is 1.71. The average molecular weight is 507 g/mol. The Hall–Kier alpha value is -3.45. The van der Waals surface area contributed by atoms with E-state index in [1.165, 1.54) is 28.5 Å². The van der Waals surface area contributed by atoms with Crippen LogP contribution in [0.15, 0.2) is 54.6 Å². The number of carbonyl (C=O) groups is 1. The minimum Gasteiger partial charge on any atom is -0.496 e. The van der Waals surface area contributed by atoms with Gasteiger partial charge in [-0.2, -0.15) is 0 Å². The van der Waals surface area contributed by atoms with Crippen molar-refractivity contribution in [3.63, 3.8) is 0 Å². The summed E-state index contributed by atoms with van der Waals surface area (Å²) in [5.41, 5.74) is 5.40. The van der Waals surface area contributed by atoms with Gasteiger partial charge in [0.15, 0.2) is 5.13 Å². The zero-order valence-electron chi connectivity index (χ0n) is 21.2. The van der Waals surface area contributed by atoms with E-state index in [0.29, 0.717) is 22.7 Å². The summed E-state index contributed by atoms with van der Waals surface area (Å²) < 4.78 is 20.6. The molecule has 1 atom stereocenters. The van der Waals surface area contributed by atoms with E-state index in [0.717, 1.165) is 28.4 Å². The molecule has 0 aliphatic carbocycles. The van der Waals surface area contributed by atoms with Gasteiger partial charge in [-0.15, -0.1) is 0 Å². The van der Waals surface area contributed by atoms with Crippen molar-refractivity contribution in [3.05, 3.63) is 88.2 Å². The lowest BCUT2D eigenvalue weighted by molar-refractivity contribution is 0.0697. The number of thiazole rings is 1. The molecule has 0 fully saturated rings. The maximum absolute atomic E-state index is 14.5. The molecule has 3 aromatic carbocycles. The van der Waals surface area contributed by atoms with Gasteiger partial charge >= 0.3 is 5.97 Å². The molecule has 5 nitrogen and oxygen atoms in total. The fourth-order valence-electron chi connectivity index (χ4n) is 4.45. The first-order valence-electron chi connectivity index (χ1n) is 12.0. The summed E-state index contributed by atoms with van der Waals surface area (Å²) in [4.78, 5) is 18.3. The Bertz CT molecular complexity index is 1380. The van der Waals surface area contributed by atoms with Gasteiger partial charge in [-0.05, 0) is 78.8 Å². The van der Waals surface area contributed by atoms with Gasteiger partial charge in [0.2, 0.25) is 0 Å². The average Bonchev–Trinajstić information content (AvgIpc) is 3.29. The van der Waals surface area contributed by atoms with Crippen molar-refractivity contribution in [1.29, 1.82) is 0 Å². The highest BCUT2D eigenvalue weighted by molar-refractivity contribution is 7.22. The summed E-state index contributed by atoms with van der Waals surface area (Å²) in [7, 11) is 1.70. The van der Waals surface area contributed by atoms with E-state index in [4.69, 9.17) is 9.72 Å². The Kier molecular flexibility index (Phi) is 7.59. The van der Waals surface area contributed by atoms with Crippen LogP contribution in [0.1, 0.15) is 65.3 Å². The van der Waals surface area contributed by atoms with Crippen LogP contribution in [0.2, 0.25) is 0 Å². The van der Waals surface area contributed by atoms with Gasteiger partial charge in [-0.25, -0.2) is 14.2 Å². The number of carboxylic acids is 1. The monoisotopic (exact) mass is 506 g/mol. The quantitative estimate of drug-likeness (QED) is 0.257. The minimum atomic E-state index is -0.955. The van der Waals surface area contributed by atoms with E-state index in [1.54, 1.807) is 25.3 Å². The highest BCUT2D eigenvalue weighted by Gasteiger charge is 2.22. The molecule has 0 bridgehead atoms. The Morgan fingerprint density at radius 1 is 1.14 bits per heavy atom. The molecule has 0 saturated carbocycles. The second-order valence-electron chi connectivity index (χ2n) is 9.31. The van der Waals surface area contributed by atoms with Crippen molar-refractivity contribution >= 4 is 32.7 Å². The first kappa shape index (κ1) is 25.6. The van der Waals surface area contributed by atoms with Crippen LogP contribution in [0, 0.1) is 12.7 Å². The summed E-state index contributed by atoms with van der Waals surface area (Å²) in [6.07, 6.45) is 0.769. The predicted molar refractivity (Wildman–Crippen MR) is 144 cm³/mol. The van der Waals surface area contributed by atoms with Crippen LogP contribution in [0.4, 0.5) is 9.52 Å². The third-order valence-electron chi connectivity index (χ3n) is 6.64. The predicted octanol–water partition coefficient (Wildman–Crippen LogP) is 7.38. The number of benzene rings is 3. The number of halogens is 1. The third-order valence-corrected chi connectivity index (χ3v) is 7.76. The van der Waals surface area contributed by atoms with Crippen LogP contribution in [0.25, 0.3) is 10.2 Å². The Labute approximate surface area is 215 Å². The van der Waals surface area contributed by atoms with Gasteiger partial charge in [0.1, 0.15) is 11.6 Å². The van der Waals surface area contributed by atoms with Crippen LogP contribution < -0.4 is 9.64 Å². The minimum absolute atomic E-state index is 0.0976. The first-order chi connectivity index (χ1) is 17.2. The van der Waals surface area contributed by atoms with E-state index in [1.807, 2.05) is 18.2 Å². The number of hydrogen-bond acceptors (Lipinski definition) is 5. The molecule has 0 radical (unpaired) electrons. The summed E-state index contributed by atoms with van der Waals surface area (Å²) in [6.45, 7) is 9.13. The van der Waals surface area contributed by atoms with Crippen molar-refractivity contribution in [2.45, 2.75) is 46.1 Å². The van der Waals surface area contributed by atoms with Crippen LogP contribution in [0.5, 0.6) is 5.75 Å². The van der Waals surface area contributed by atoms with Crippen LogP contribution in [-0.4, -0.2) is 29.7 Å². The fourth-order valence-corrected chi connectivity index (χ4v) is 5.53. The lowest BCUT2D eigenvalue weighted by atomic mass is 9.94. The van der Waals surface area contributed by atoms with Crippen molar-refractivity contribution < 1.29 is 19.0 Å². The smallest absolute Gasteiger partial charge is 0.335 e. The molecule has 0 aliphatic rings. The van der Waals surface area contributed by atoms with Crippen molar-refractivity contribution in [2.24, 2.45) is 0 Å². The molecule has 0 spiro atoms. The highest BCUT2D eigenvalue weighted by Crippen LogP contribution is 2.36. The highest BCUT2D eigenvalue weighted by atomic mass is 32.1. The molecule has 1 heterocycles. The Morgan fingerprint density at radius 2 is 1.86 bits per heavy atom. The summed E-state index contributed by atoms with van der Waals surface area (Å²) >= 11 is 1.34. The fraction of sp³-hybridized carbons (Fsp3) is 0.310. The number of aromatic carboxylic acids is 1. The maximum Gasteiger partial charge on any atom is 0.335 e. The van der Waals surface area contributed by atoms with E-state index in [2.05, 4.69) is 44.7 Å². The molecule has 0 saturated heterocycles. The topological polar surface area (TPSA) is 62.7 Å². The lowest BCUT2D eigenvalue weighted by Crippen LogP contribution is -2.29. The molecular weight excluding hydrogens is 475 g/mol. The molecule has 188 valence electrons. The molecule has 1 aromatic heterocycles. The molecule has 36 heavy (non-hydrogen) atoms. The van der Waals surface area contributed by atoms with E-state index < -0.39 is 5.97 Å². The SMILES string of the molecule is COc1cc(C)c(CCN(c2nc3cccc(F)c3s2)C(C)c2ccc(C(=O)O)cc2)cc1C(C)C. The molecule has 4 aromatic rings. The van der Waals surface area contributed by atoms with Gasteiger partial charge in [0, 0.05) is 6.54 Å². The summed E-state index contributed by atoms with van der Waals surface area (Å²) in [6, 6.07) is 16.1. The molecule has 7 heteroatoms. The van der Waals surface area contributed by atoms with Gasteiger partial charge in [0.05, 0.1) is 28.9 Å². The number of anilines is 1. The summed E-state index contributed by atoms with van der Waals surface area (Å²) in [5, 5.41) is 10.0. The second-order valence-corrected chi connectivity index (χ2v) is 10.3. The number of ether oxygens (including phenoxy) is 1. The largest absolute Gasteiger partial charge is 0.496 e. The van der Waals surface area contributed by atoms with Crippen LogP contribution >= 0.6 is 11.3 Å². The normalized spacial score (nSPS) is 12.2. The number of carboxylic acid groups (broad SMARTS) is 1. The van der Waals surface area contributed by atoms with Crippen molar-refractivity contribution in [2.75, 3.05) is 18.6 Å². The van der Waals surface area contributed by atoms with E-state index in [-0.39, 0.29) is 17.4 Å². The number of rotatable bonds is 9. The van der Waals surface area contributed by atoms with Crippen molar-refractivity contribution in [3.8, 4) is 5.75 Å². The van der Waals surface area contributed by atoms with Crippen LogP contribution in [0.3, 0.4) is 0 Å². The lowest BCUT2D eigenvalue weighted by Gasteiger charge is -2.30. The van der Waals surface area contributed by atoms with Gasteiger partial charge in [0.25, 0.3) is 0 Å². The Morgan fingerprint density at radius 3 is 2.47 bits per heavy atom. The van der Waals surface area contributed by atoms with Gasteiger partial charge < -0.3 is 14.7 Å². The molecule has 4 rings (SSSR count).